The summed E-state index contributed by atoms with van der Waals surface area (Å²) in [5.74, 6) is -0.127. The second-order valence-corrected chi connectivity index (χ2v) is 5.11. The SMILES string of the molecule is CN(CCC#N)C(=O)Nc1ccc(Oc2cccc(F)c2C#N)cc1. The Morgan fingerprint density at radius 2 is 1.96 bits per heavy atom. The molecule has 2 aromatic rings. The predicted octanol–water partition coefficient (Wildman–Crippen LogP) is 3.87. The molecule has 1 N–H and O–H groups in total. The second-order valence-electron chi connectivity index (χ2n) is 5.11. The van der Waals surface area contributed by atoms with Crippen molar-refractivity contribution < 1.29 is 13.9 Å². The summed E-state index contributed by atoms with van der Waals surface area (Å²) < 4.78 is 19.1. The van der Waals surface area contributed by atoms with Crippen molar-refractivity contribution in [2.75, 3.05) is 18.9 Å². The molecule has 0 unspecified atom stereocenters. The quantitative estimate of drug-likeness (QED) is 0.896. The van der Waals surface area contributed by atoms with E-state index in [0.717, 1.165) is 0 Å². The molecule has 0 bridgehead atoms. The number of benzene rings is 2. The van der Waals surface area contributed by atoms with Crippen LogP contribution in [0.2, 0.25) is 0 Å². The molecule has 6 nitrogen and oxygen atoms in total. The van der Waals surface area contributed by atoms with Crippen molar-refractivity contribution >= 4 is 11.7 Å². The average Bonchev–Trinajstić information content (AvgIpc) is 2.61. The van der Waals surface area contributed by atoms with E-state index < -0.39 is 5.82 Å². The highest BCUT2D eigenvalue weighted by molar-refractivity contribution is 5.89. The Labute approximate surface area is 144 Å². The molecule has 0 aliphatic heterocycles. The van der Waals surface area contributed by atoms with Gasteiger partial charge in [-0.15, -0.1) is 0 Å². The van der Waals surface area contributed by atoms with Crippen LogP contribution in [0.15, 0.2) is 42.5 Å². The van der Waals surface area contributed by atoms with E-state index in [1.165, 1.54) is 23.1 Å². The highest BCUT2D eigenvalue weighted by atomic mass is 19.1. The monoisotopic (exact) mass is 338 g/mol. The summed E-state index contributed by atoms with van der Waals surface area (Å²) in [5.41, 5.74) is 0.375. The van der Waals surface area contributed by atoms with Gasteiger partial charge in [-0.2, -0.15) is 10.5 Å². The maximum atomic E-state index is 13.6. The van der Waals surface area contributed by atoms with Crippen molar-refractivity contribution in [3.05, 3.63) is 53.8 Å². The summed E-state index contributed by atoms with van der Waals surface area (Å²) in [6.07, 6.45) is 0.256. The lowest BCUT2D eigenvalue weighted by atomic mass is 10.2. The molecule has 0 atom stereocenters. The molecular weight excluding hydrogens is 323 g/mol. The van der Waals surface area contributed by atoms with Gasteiger partial charge in [0.05, 0.1) is 12.5 Å². The van der Waals surface area contributed by atoms with Gasteiger partial charge in [-0.05, 0) is 36.4 Å². The second kappa shape index (κ2) is 8.32. The standard InChI is InChI=1S/C18H15FN4O2/c1-23(11-3-10-20)18(24)22-13-6-8-14(9-7-13)25-17-5-2-4-16(19)15(17)12-21/h2,4-9H,3,11H2,1H3,(H,22,24). The fourth-order valence-corrected chi connectivity index (χ4v) is 1.97. The van der Waals surface area contributed by atoms with Crippen molar-refractivity contribution in [3.8, 4) is 23.6 Å². The fourth-order valence-electron chi connectivity index (χ4n) is 1.97. The molecule has 0 fully saturated rings. The summed E-state index contributed by atoms with van der Waals surface area (Å²) in [7, 11) is 1.59. The first-order chi connectivity index (χ1) is 12.0. The molecule has 2 aromatic carbocycles. The number of halogens is 1. The number of anilines is 1. The molecule has 25 heavy (non-hydrogen) atoms. The van der Waals surface area contributed by atoms with Crippen LogP contribution in [-0.4, -0.2) is 24.5 Å². The zero-order valence-corrected chi connectivity index (χ0v) is 13.5. The van der Waals surface area contributed by atoms with E-state index in [9.17, 15) is 9.18 Å². The van der Waals surface area contributed by atoms with Gasteiger partial charge in [-0.1, -0.05) is 6.07 Å². The van der Waals surface area contributed by atoms with E-state index in [2.05, 4.69) is 5.32 Å². The lowest BCUT2D eigenvalue weighted by Gasteiger charge is -2.16. The Bertz CT molecular complexity index is 838. The molecule has 126 valence electrons. The van der Waals surface area contributed by atoms with E-state index in [4.69, 9.17) is 15.3 Å². The van der Waals surface area contributed by atoms with Crippen LogP contribution in [-0.2, 0) is 0 Å². The highest BCUT2D eigenvalue weighted by Gasteiger charge is 2.11. The van der Waals surface area contributed by atoms with Gasteiger partial charge in [0, 0.05) is 19.3 Å². The van der Waals surface area contributed by atoms with Crippen molar-refractivity contribution in [2.24, 2.45) is 0 Å². The molecule has 0 aromatic heterocycles. The maximum absolute atomic E-state index is 13.6. The lowest BCUT2D eigenvalue weighted by molar-refractivity contribution is 0.223. The van der Waals surface area contributed by atoms with Gasteiger partial charge >= 0.3 is 6.03 Å². The van der Waals surface area contributed by atoms with Crippen LogP contribution in [0.25, 0.3) is 0 Å². The molecule has 0 saturated heterocycles. The van der Waals surface area contributed by atoms with Crippen LogP contribution in [0.5, 0.6) is 11.5 Å². The van der Waals surface area contributed by atoms with Crippen molar-refractivity contribution in [1.29, 1.82) is 10.5 Å². The Kier molecular flexibility index (Phi) is 5.92. The Hall–Kier alpha value is -3.58. The van der Waals surface area contributed by atoms with Gasteiger partial charge in [0.15, 0.2) is 0 Å². The van der Waals surface area contributed by atoms with Gasteiger partial charge in [-0.3, -0.25) is 0 Å². The van der Waals surface area contributed by atoms with Crippen molar-refractivity contribution in [1.82, 2.24) is 4.90 Å². The van der Waals surface area contributed by atoms with Crippen LogP contribution in [0, 0.1) is 28.5 Å². The number of carbonyl (C=O) groups is 1. The van der Waals surface area contributed by atoms with E-state index in [1.807, 2.05) is 6.07 Å². The summed E-state index contributed by atoms with van der Waals surface area (Å²) in [5, 5.41) is 20.2. The summed E-state index contributed by atoms with van der Waals surface area (Å²) in [6, 6.07) is 14.0. The molecule has 0 heterocycles. The van der Waals surface area contributed by atoms with Crippen LogP contribution < -0.4 is 10.1 Å². The number of hydrogen-bond donors (Lipinski definition) is 1. The van der Waals surface area contributed by atoms with Crippen LogP contribution in [0.1, 0.15) is 12.0 Å². The first-order valence-corrected chi connectivity index (χ1v) is 7.40. The lowest BCUT2D eigenvalue weighted by Crippen LogP contribution is -2.31. The molecule has 2 amide bonds. The summed E-state index contributed by atoms with van der Waals surface area (Å²) in [6.45, 7) is 0.333. The Morgan fingerprint density at radius 1 is 1.24 bits per heavy atom. The predicted molar refractivity (Wildman–Crippen MR) is 89.5 cm³/mol. The molecule has 0 spiro atoms. The number of hydrogen-bond acceptors (Lipinski definition) is 4. The molecular formula is C18H15FN4O2. The molecule has 0 saturated carbocycles. The van der Waals surface area contributed by atoms with Crippen molar-refractivity contribution in [3.63, 3.8) is 0 Å². The smallest absolute Gasteiger partial charge is 0.321 e. The zero-order chi connectivity index (χ0) is 18.2. The summed E-state index contributed by atoms with van der Waals surface area (Å²) in [4.78, 5) is 13.3. The highest BCUT2D eigenvalue weighted by Crippen LogP contribution is 2.27. The third-order valence-electron chi connectivity index (χ3n) is 3.33. The minimum atomic E-state index is -0.649. The first-order valence-electron chi connectivity index (χ1n) is 7.40. The molecule has 2 rings (SSSR count). The number of nitriles is 2. The molecule has 0 radical (unpaired) electrons. The minimum Gasteiger partial charge on any atom is -0.456 e. The van der Waals surface area contributed by atoms with E-state index in [1.54, 1.807) is 37.4 Å². The van der Waals surface area contributed by atoms with Gasteiger partial charge in [0.1, 0.15) is 28.9 Å². The van der Waals surface area contributed by atoms with Gasteiger partial charge in [0.25, 0.3) is 0 Å². The minimum absolute atomic E-state index is 0.121. The topological polar surface area (TPSA) is 89.2 Å². The third-order valence-corrected chi connectivity index (χ3v) is 3.33. The zero-order valence-electron chi connectivity index (χ0n) is 13.5. The third kappa shape index (κ3) is 4.69. The van der Waals surface area contributed by atoms with Crippen LogP contribution in [0.4, 0.5) is 14.9 Å². The molecule has 0 aliphatic rings. The fraction of sp³-hybridized carbons (Fsp3) is 0.167. The number of ether oxygens (including phenoxy) is 1. The maximum Gasteiger partial charge on any atom is 0.321 e. The van der Waals surface area contributed by atoms with Crippen LogP contribution in [0.3, 0.4) is 0 Å². The van der Waals surface area contributed by atoms with E-state index in [-0.39, 0.29) is 23.8 Å². The average molecular weight is 338 g/mol. The molecule has 7 heteroatoms. The van der Waals surface area contributed by atoms with Crippen LogP contribution >= 0.6 is 0 Å². The number of nitrogens with zero attached hydrogens (tertiary/aromatic N) is 3. The Morgan fingerprint density at radius 3 is 2.60 bits per heavy atom. The van der Waals surface area contributed by atoms with Gasteiger partial charge < -0.3 is 15.0 Å². The Balaban J connectivity index is 2.04. The number of rotatable bonds is 5. The summed E-state index contributed by atoms with van der Waals surface area (Å²) >= 11 is 0. The van der Waals surface area contributed by atoms with E-state index >= 15 is 0 Å². The number of amides is 2. The van der Waals surface area contributed by atoms with Crippen molar-refractivity contribution in [2.45, 2.75) is 6.42 Å². The van der Waals surface area contributed by atoms with Gasteiger partial charge in [0.2, 0.25) is 0 Å². The number of urea groups is 1. The molecule has 0 aliphatic carbocycles. The number of nitrogens with one attached hydrogen (secondary N) is 1. The normalized spacial score (nSPS) is 9.60. The van der Waals surface area contributed by atoms with Gasteiger partial charge in [-0.25, -0.2) is 9.18 Å². The first kappa shape index (κ1) is 17.8. The number of carbonyl (C=O) groups excluding carboxylic acids is 1. The largest absolute Gasteiger partial charge is 0.456 e. The van der Waals surface area contributed by atoms with E-state index in [0.29, 0.717) is 18.0 Å².